The van der Waals surface area contributed by atoms with Gasteiger partial charge < -0.3 is 4.74 Å². The molecule has 0 saturated carbocycles. The molecule has 0 aromatic heterocycles. The van der Waals surface area contributed by atoms with Crippen molar-refractivity contribution in [3.8, 4) is 0 Å². The first-order valence-corrected chi connectivity index (χ1v) is 15.3. The minimum atomic E-state index is -0.298. The quantitative estimate of drug-likeness (QED) is 0.0297. The van der Waals surface area contributed by atoms with Crippen molar-refractivity contribution in [3.63, 3.8) is 0 Å². The highest BCUT2D eigenvalue weighted by Crippen LogP contribution is 2.29. The van der Waals surface area contributed by atoms with Crippen LogP contribution >= 0.6 is 45.2 Å². The highest BCUT2D eigenvalue weighted by atomic mass is 127. The van der Waals surface area contributed by atoms with Gasteiger partial charge in [-0.25, -0.2) is 4.79 Å². The Hall–Kier alpha value is 0.887. The third-order valence-corrected chi connectivity index (χ3v) is 7.00. The zero-order valence-corrected chi connectivity index (χ0v) is 25.3. The zero-order chi connectivity index (χ0) is 21.6. The second-order valence-corrected chi connectivity index (χ2v) is 21.2. The molecule has 0 rings (SSSR count). The molecular formula is C24H46I2O2Si. The predicted molar refractivity (Wildman–Crippen MR) is 150 cm³/mol. The minimum absolute atomic E-state index is 0.298. The number of alkyl halides is 2. The van der Waals surface area contributed by atoms with Crippen LogP contribution in [-0.2, 0) is 9.53 Å². The molecule has 2 nitrogen and oxygen atoms in total. The molecule has 0 spiro atoms. The summed E-state index contributed by atoms with van der Waals surface area (Å²) >= 11 is 5.24. The van der Waals surface area contributed by atoms with Crippen molar-refractivity contribution in [1.29, 1.82) is 0 Å². The molecule has 0 aromatic rings. The Kier molecular flexibility index (Phi) is 22.8. The summed E-state index contributed by atoms with van der Waals surface area (Å²) in [6, 6.07) is 0. The van der Waals surface area contributed by atoms with Gasteiger partial charge in [0.15, 0.2) is 0 Å². The van der Waals surface area contributed by atoms with Crippen LogP contribution in [0.15, 0.2) is 12.7 Å². The lowest BCUT2D eigenvalue weighted by Gasteiger charge is -2.13. The molecule has 0 aliphatic rings. The van der Waals surface area contributed by atoms with Crippen LogP contribution in [0.2, 0.25) is 0 Å². The van der Waals surface area contributed by atoms with E-state index < -0.39 is 0 Å². The molecule has 0 N–H and O–H groups in total. The molecule has 172 valence electrons. The number of carbonyl (C=O) groups is 1. The molecular weight excluding hydrogens is 602 g/mol. The van der Waals surface area contributed by atoms with Crippen LogP contribution in [0.4, 0.5) is 0 Å². The first-order valence-electron chi connectivity index (χ1n) is 12.1. The van der Waals surface area contributed by atoms with Crippen LogP contribution in [0.1, 0.15) is 122 Å². The van der Waals surface area contributed by atoms with Gasteiger partial charge in [0, 0.05) is 16.3 Å². The molecule has 0 amide bonds. The number of rotatable bonds is 22. The number of hydrogen-bond acceptors (Lipinski definition) is 2. The van der Waals surface area contributed by atoms with Gasteiger partial charge in [-0.15, -0.1) is 0 Å². The molecule has 0 bridgehead atoms. The van der Waals surface area contributed by atoms with Crippen molar-refractivity contribution in [2.24, 2.45) is 0 Å². The van der Waals surface area contributed by atoms with Crippen molar-refractivity contribution < 1.29 is 9.53 Å². The Morgan fingerprint density at radius 2 is 1.00 bits per heavy atom. The lowest BCUT2D eigenvalue weighted by molar-refractivity contribution is -0.137. The number of unbranched alkanes of at least 4 members (excludes halogenated alkanes) is 17. The van der Waals surface area contributed by atoms with Crippen LogP contribution in [0, 0.1) is 0 Å². The number of esters is 1. The van der Waals surface area contributed by atoms with Gasteiger partial charge in [-0.3, -0.25) is 0 Å². The predicted octanol–water partition coefficient (Wildman–Crippen LogP) is 8.02. The van der Waals surface area contributed by atoms with Crippen LogP contribution in [0.3, 0.4) is 0 Å². The Morgan fingerprint density at radius 1 is 0.690 bits per heavy atom. The third kappa shape index (κ3) is 26.9. The average molecular weight is 649 g/mol. The molecule has 0 aliphatic carbocycles. The van der Waals surface area contributed by atoms with Gasteiger partial charge in [-0.1, -0.05) is 161 Å². The van der Waals surface area contributed by atoms with Gasteiger partial charge >= 0.3 is 5.97 Å². The fraction of sp³-hybridized carbons (Fsp3) is 0.875. The lowest BCUT2D eigenvalue weighted by atomic mass is 10.0. The Morgan fingerprint density at radius 3 is 1.31 bits per heavy atom. The van der Waals surface area contributed by atoms with Crippen molar-refractivity contribution in [3.05, 3.63) is 12.7 Å². The minimum Gasteiger partial charge on any atom is -0.463 e. The monoisotopic (exact) mass is 648 g/mol. The molecule has 0 aromatic carbocycles. The van der Waals surface area contributed by atoms with E-state index in [1.54, 1.807) is 0 Å². The highest BCUT2D eigenvalue weighted by Gasteiger charge is 2.12. The van der Waals surface area contributed by atoms with E-state index in [9.17, 15) is 4.79 Å². The van der Waals surface area contributed by atoms with Crippen molar-refractivity contribution in [1.82, 2.24) is 0 Å². The standard InChI is InChI=1S/C24H46I2O2Si/c1-2-23(27)28-22-20-18-16-14-12-10-8-6-4-3-5-7-9-11-13-15-17-19-21-24(25,26)29/h2H,1,3-22H2,29H3. The molecule has 0 radical (unpaired) electrons. The molecule has 0 heterocycles. The third-order valence-electron chi connectivity index (χ3n) is 5.42. The van der Waals surface area contributed by atoms with Crippen LogP contribution in [-0.4, -0.2) is 23.9 Å². The maximum atomic E-state index is 10.9. The largest absolute Gasteiger partial charge is 0.463 e. The molecule has 0 atom stereocenters. The molecule has 29 heavy (non-hydrogen) atoms. The van der Waals surface area contributed by atoms with E-state index in [1.807, 2.05) is 0 Å². The van der Waals surface area contributed by atoms with E-state index in [0.29, 0.717) is 7.66 Å². The fourth-order valence-corrected chi connectivity index (χ4v) is 4.71. The van der Waals surface area contributed by atoms with E-state index in [2.05, 4.69) is 51.8 Å². The second kappa shape index (κ2) is 22.1. The van der Waals surface area contributed by atoms with E-state index in [1.165, 1.54) is 132 Å². The van der Waals surface area contributed by atoms with Crippen molar-refractivity contribution in [2.45, 2.75) is 123 Å². The summed E-state index contributed by atoms with van der Waals surface area (Å²) in [5.74, 6) is -0.298. The summed E-state index contributed by atoms with van der Waals surface area (Å²) in [4.78, 5) is 10.9. The Labute approximate surface area is 211 Å². The maximum absolute atomic E-state index is 10.9. The zero-order valence-electron chi connectivity index (χ0n) is 19.0. The van der Waals surface area contributed by atoms with Gasteiger partial charge in [0.25, 0.3) is 0 Å². The fourth-order valence-electron chi connectivity index (χ4n) is 3.60. The van der Waals surface area contributed by atoms with E-state index in [0.717, 1.165) is 6.42 Å². The summed E-state index contributed by atoms with van der Waals surface area (Å²) in [6.45, 7) is 3.94. The van der Waals surface area contributed by atoms with Crippen molar-refractivity contribution in [2.75, 3.05) is 6.61 Å². The highest BCUT2D eigenvalue weighted by molar-refractivity contribution is 14.2. The van der Waals surface area contributed by atoms with E-state index in [-0.39, 0.29) is 5.97 Å². The Bertz CT molecular complexity index is 384. The van der Waals surface area contributed by atoms with E-state index in [4.69, 9.17) is 4.74 Å². The second-order valence-electron chi connectivity index (χ2n) is 8.56. The summed E-state index contributed by atoms with van der Waals surface area (Å²) in [7, 11) is 1.31. The summed E-state index contributed by atoms with van der Waals surface area (Å²) < 4.78 is 5.58. The van der Waals surface area contributed by atoms with Crippen molar-refractivity contribution >= 4 is 61.4 Å². The number of carbonyl (C=O) groups excluding carboxylic acids is 1. The first-order chi connectivity index (χ1) is 14.0. The average Bonchev–Trinajstić information content (AvgIpc) is 2.68. The van der Waals surface area contributed by atoms with Gasteiger partial charge in [0.05, 0.1) is 7.66 Å². The summed E-state index contributed by atoms with van der Waals surface area (Å²) in [5.41, 5.74) is 0. The Balaban J connectivity index is 3.07. The SMILES string of the molecule is C=CC(=O)OCCCCCCCCCCCCCCCCCCCCC([SiH3])(I)I. The number of halogens is 2. The van der Waals surface area contributed by atoms with Gasteiger partial charge in [-0.05, 0) is 12.8 Å². The normalized spacial score (nSPS) is 11.7. The summed E-state index contributed by atoms with van der Waals surface area (Å²) in [6.07, 6.45) is 27.4. The first kappa shape index (κ1) is 29.9. The molecule has 5 heteroatoms. The molecule has 0 aliphatic heterocycles. The molecule has 0 saturated heterocycles. The maximum Gasteiger partial charge on any atom is 0.330 e. The van der Waals surface area contributed by atoms with Gasteiger partial charge in [-0.2, -0.15) is 0 Å². The van der Waals surface area contributed by atoms with Crippen LogP contribution in [0.5, 0.6) is 0 Å². The van der Waals surface area contributed by atoms with Crippen LogP contribution in [0.25, 0.3) is 0 Å². The van der Waals surface area contributed by atoms with Gasteiger partial charge in [0.2, 0.25) is 0 Å². The van der Waals surface area contributed by atoms with Crippen LogP contribution < -0.4 is 0 Å². The molecule has 0 unspecified atom stereocenters. The number of hydrogen-bond donors (Lipinski definition) is 0. The molecule has 0 fully saturated rings. The van der Waals surface area contributed by atoms with E-state index >= 15 is 0 Å². The smallest absolute Gasteiger partial charge is 0.330 e. The van der Waals surface area contributed by atoms with Gasteiger partial charge in [0.1, 0.15) is 0 Å². The lowest BCUT2D eigenvalue weighted by Crippen LogP contribution is -2.08. The summed E-state index contributed by atoms with van der Waals surface area (Å²) in [5, 5.41) is 0. The topological polar surface area (TPSA) is 26.3 Å². The number of ether oxygens (including phenoxy) is 1.